The molecule has 0 saturated carbocycles. The summed E-state index contributed by atoms with van der Waals surface area (Å²) in [5, 5.41) is 0. The molecule has 0 unspecified atom stereocenters. The smallest absolute Gasteiger partial charge is 0.123 e. The zero-order valence-electron chi connectivity index (χ0n) is 15.8. The Labute approximate surface area is 161 Å². The average molecular weight is 362 g/mol. The highest BCUT2D eigenvalue weighted by Gasteiger charge is 2.26. The van der Waals surface area contributed by atoms with Crippen LogP contribution in [0.15, 0.2) is 61.7 Å². The molecule has 0 bridgehead atoms. The molecule has 2 aliphatic rings. The zero-order chi connectivity index (χ0) is 18.8. The molecule has 0 radical (unpaired) electrons. The van der Waals surface area contributed by atoms with E-state index in [0.29, 0.717) is 5.92 Å². The molecular formula is C24H27FN2. The van der Waals surface area contributed by atoms with Gasteiger partial charge in [0.15, 0.2) is 0 Å². The topological polar surface area (TPSA) is 6.48 Å². The van der Waals surface area contributed by atoms with E-state index in [9.17, 15) is 4.39 Å². The summed E-state index contributed by atoms with van der Waals surface area (Å²) in [7, 11) is 0. The quantitative estimate of drug-likeness (QED) is 0.735. The highest BCUT2D eigenvalue weighted by molar-refractivity contribution is 5.68. The molecule has 2 heterocycles. The molecule has 2 aromatic rings. The van der Waals surface area contributed by atoms with Crippen molar-refractivity contribution in [1.82, 2.24) is 9.80 Å². The number of rotatable bonds is 5. The molecule has 1 fully saturated rings. The maximum Gasteiger partial charge on any atom is 0.123 e. The van der Waals surface area contributed by atoms with Crippen LogP contribution in [0.3, 0.4) is 0 Å². The Hall–Kier alpha value is -2.39. The lowest BCUT2D eigenvalue weighted by molar-refractivity contribution is 0.178. The molecule has 0 amide bonds. The van der Waals surface area contributed by atoms with Crippen molar-refractivity contribution in [1.29, 1.82) is 0 Å². The molecule has 27 heavy (non-hydrogen) atoms. The van der Waals surface area contributed by atoms with E-state index < -0.39 is 0 Å². The van der Waals surface area contributed by atoms with Gasteiger partial charge in [-0.25, -0.2) is 4.39 Å². The van der Waals surface area contributed by atoms with Crippen LogP contribution in [0.2, 0.25) is 0 Å². The van der Waals surface area contributed by atoms with Crippen LogP contribution in [0.25, 0.3) is 11.3 Å². The first kappa shape index (κ1) is 18.0. The standard InChI is InChI=1S/C24H27FN2/c1-18(21-7-9-23(25)10-8-21)15-26-13-11-20(12-14-26)16-27-17-22-5-3-4-6-24(22)19(27)2/h3-10,20H,1-2,11-17H2. The van der Waals surface area contributed by atoms with Gasteiger partial charge in [-0.05, 0) is 60.7 Å². The molecule has 0 aromatic heterocycles. The van der Waals surface area contributed by atoms with Gasteiger partial charge < -0.3 is 4.90 Å². The molecule has 2 nitrogen and oxygen atoms in total. The van der Waals surface area contributed by atoms with Gasteiger partial charge in [0.2, 0.25) is 0 Å². The minimum absolute atomic E-state index is 0.196. The molecule has 4 rings (SSSR count). The number of hydrogen-bond acceptors (Lipinski definition) is 2. The monoisotopic (exact) mass is 362 g/mol. The number of likely N-dealkylation sites (tertiary alicyclic amines) is 1. The van der Waals surface area contributed by atoms with Crippen LogP contribution in [-0.2, 0) is 6.54 Å². The van der Waals surface area contributed by atoms with E-state index in [-0.39, 0.29) is 5.82 Å². The number of hydrogen-bond donors (Lipinski definition) is 0. The maximum absolute atomic E-state index is 13.1. The van der Waals surface area contributed by atoms with Gasteiger partial charge in [0.25, 0.3) is 0 Å². The van der Waals surface area contributed by atoms with E-state index in [2.05, 4.69) is 47.2 Å². The van der Waals surface area contributed by atoms with Crippen LogP contribution in [-0.4, -0.2) is 36.0 Å². The minimum atomic E-state index is -0.196. The fraction of sp³-hybridized carbons (Fsp3) is 0.333. The molecule has 2 aliphatic heterocycles. The number of piperidine rings is 1. The average Bonchev–Trinajstić information content (AvgIpc) is 3.00. The predicted octanol–water partition coefficient (Wildman–Crippen LogP) is 5.04. The third kappa shape index (κ3) is 3.98. The first-order valence-electron chi connectivity index (χ1n) is 9.78. The van der Waals surface area contributed by atoms with E-state index in [0.717, 1.165) is 43.9 Å². The zero-order valence-corrected chi connectivity index (χ0v) is 15.8. The Bertz CT molecular complexity index is 832. The molecule has 3 heteroatoms. The van der Waals surface area contributed by atoms with Crippen LogP contribution in [0.5, 0.6) is 0 Å². The lowest BCUT2D eigenvalue weighted by Gasteiger charge is -2.35. The van der Waals surface area contributed by atoms with Gasteiger partial charge in [-0.2, -0.15) is 0 Å². The predicted molar refractivity (Wildman–Crippen MR) is 110 cm³/mol. The summed E-state index contributed by atoms with van der Waals surface area (Å²) in [6.07, 6.45) is 2.41. The van der Waals surface area contributed by atoms with Gasteiger partial charge in [-0.3, -0.25) is 4.90 Å². The largest absolute Gasteiger partial charge is 0.367 e. The van der Waals surface area contributed by atoms with E-state index in [1.165, 1.54) is 41.8 Å². The molecule has 0 N–H and O–H groups in total. The van der Waals surface area contributed by atoms with Gasteiger partial charge in [-0.15, -0.1) is 0 Å². The first-order chi connectivity index (χ1) is 13.1. The minimum Gasteiger partial charge on any atom is -0.367 e. The van der Waals surface area contributed by atoms with E-state index in [1.807, 2.05) is 12.1 Å². The van der Waals surface area contributed by atoms with Crippen LogP contribution in [0, 0.1) is 11.7 Å². The van der Waals surface area contributed by atoms with Gasteiger partial charge >= 0.3 is 0 Å². The van der Waals surface area contributed by atoms with Crippen molar-refractivity contribution in [3.05, 3.63) is 84.2 Å². The molecular weight excluding hydrogens is 335 g/mol. The van der Waals surface area contributed by atoms with E-state index in [1.54, 1.807) is 0 Å². The van der Waals surface area contributed by atoms with Crippen LogP contribution >= 0.6 is 0 Å². The second kappa shape index (κ2) is 7.69. The van der Waals surface area contributed by atoms with Crippen LogP contribution < -0.4 is 0 Å². The first-order valence-corrected chi connectivity index (χ1v) is 9.78. The normalized spacial score (nSPS) is 18.0. The Balaban J connectivity index is 1.27. The van der Waals surface area contributed by atoms with Crippen LogP contribution in [0.4, 0.5) is 4.39 Å². The van der Waals surface area contributed by atoms with Crippen molar-refractivity contribution in [2.75, 3.05) is 26.2 Å². The van der Waals surface area contributed by atoms with Crippen molar-refractivity contribution >= 4 is 11.3 Å². The summed E-state index contributed by atoms with van der Waals surface area (Å²) in [6.45, 7) is 13.7. The Morgan fingerprint density at radius 2 is 1.74 bits per heavy atom. The van der Waals surface area contributed by atoms with E-state index >= 15 is 0 Å². The number of benzene rings is 2. The molecule has 0 atom stereocenters. The molecule has 140 valence electrons. The van der Waals surface area contributed by atoms with E-state index in [4.69, 9.17) is 0 Å². The SMILES string of the molecule is C=C(CN1CCC(CN2Cc3ccccc3C2=C)CC1)c1ccc(F)cc1. The highest BCUT2D eigenvalue weighted by Crippen LogP contribution is 2.33. The van der Waals surface area contributed by atoms with Gasteiger partial charge in [0.05, 0.1) is 0 Å². The van der Waals surface area contributed by atoms with Crippen molar-refractivity contribution in [2.45, 2.75) is 19.4 Å². The Morgan fingerprint density at radius 3 is 2.44 bits per heavy atom. The summed E-state index contributed by atoms with van der Waals surface area (Å²) < 4.78 is 13.1. The summed E-state index contributed by atoms with van der Waals surface area (Å²) in [5.74, 6) is 0.518. The summed E-state index contributed by atoms with van der Waals surface area (Å²) in [4.78, 5) is 4.91. The van der Waals surface area contributed by atoms with Crippen LogP contribution in [0.1, 0.15) is 29.5 Å². The fourth-order valence-corrected chi connectivity index (χ4v) is 4.27. The molecule has 2 aromatic carbocycles. The molecule has 1 saturated heterocycles. The third-order valence-electron chi connectivity index (χ3n) is 5.92. The third-order valence-corrected chi connectivity index (χ3v) is 5.92. The number of fused-ring (bicyclic) bond motifs is 1. The molecule has 0 aliphatic carbocycles. The second-order valence-corrected chi connectivity index (χ2v) is 7.81. The lowest BCUT2D eigenvalue weighted by atomic mass is 9.95. The number of nitrogens with zero attached hydrogens (tertiary/aromatic N) is 2. The Morgan fingerprint density at radius 1 is 1.04 bits per heavy atom. The lowest BCUT2D eigenvalue weighted by Crippen LogP contribution is -2.38. The number of halogens is 1. The van der Waals surface area contributed by atoms with Crippen molar-refractivity contribution in [3.8, 4) is 0 Å². The maximum atomic E-state index is 13.1. The highest BCUT2D eigenvalue weighted by atomic mass is 19.1. The summed E-state index contributed by atoms with van der Waals surface area (Å²) in [5.41, 5.74) is 5.99. The van der Waals surface area contributed by atoms with Crippen molar-refractivity contribution in [2.24, 2.45) is 5.92 Å². The van der Waals surface area contributed by atoms with Gasteiger partial charge in [0.1, 0.15) is 5.82 Å². The Kier molecular flexibility index (Phi) is 5.13. The van der Waals surface area contributed by atoms with Gasteiger partial charge in [0, 0.05) is 30.9 Å². The van der Waals surface area contributed by atoms with Crippen molar-refractivity contribution in [3.63, 3.8) is 0 Å². The fourth-order valence-electron chi connectivity index (χ4n) is 4.27. The summed E-state index contributed by atoms with van der Waals surface area (Å²) >= 11 is 0. The second-order valence-electron chi connectivity index (χ2n) is 7.81. The van der Waals surface area contributed by atoms with Crippen molar-refractivity contribution < 1.29 is 4.39 Å². The molecule has 0 spiro atoms. The summed E-state index contributed by atoms with van der Waals surface area (Å²) in [6, 6.07) is 15.3. The van der Waals surface area contributed by atoms with Gasteiger partial charge in [-0.1, -0.05) is 49.6 Å².